The molecule has 1 aromatic carbocycles. The zero-order chi connectivity index (χ0) is 13.0. The maximum atomic E-state index is 11.6. The number of carbonyl (C=O) groups is 1. The highest BCUT2D eigenvalue weighted by atomic mass is 16.2. The highest BCUT2D eigenvalue weighted by molar-refractivity contribution is 5.78. The molecule has 2 aliphatic heterocycles. The van der Waals surface area contributed by atoms with Gasteiger partial charge in [0.25, 0.3) is 0 Å². The molecule has 1 spiro atoms. The third-order valence-electron chi connectivity index (χ3n) is 5.13. The summed E-state index contributed by atoms with van der Waals surface area (Å²) in [4.78, 5) is 16.0. The minimum atomic E-state index is 0.0614. The van der Waals surface area contributed by atoms with Crippen molar-refractivity contribution in [2.45, 2.75) is 24.4 Å². The first-order chi connectivity index (χ1) is 9.18. The number of fused-ring (bicyclic) bond motifs is 1. The molecule has 2 saturated heterocycles. The van der Waals surface area contributed by atoms with E-state index in [2.05, 4.69) is 34.5 Å². The smallest absolute Gasteiger partial charge is 0.317 e. The van der Waals surface area contributed by atoms with Gasteiger partial charge in [0.05, 0.1) is 5.54 Å². The maximum absolute atomic E-state index is 11.6. The second kappa shape index (κ2) is 3.73. The molecule has 2 fully saturated rings. The number of nitrogens with zero attached hydrogens (tertiary/aromatic N) is 2. The van der Waals surface area contributed by atoms with Crippen molar-refractivity contribution in [1.82, 2.24) is 15.1 Å². The third kappa shape index (κ3) is 1.53. The minimum Gasteiger partial charge on any atom is -0.336 e. The van der Waals surface area contributed by atoms with Gasteiger partial charge < -0.3 is 10.2 Å². The van der Waals surface area contributed by atoms with Crippen LogP contribution in [-0.2, 0) is 12.8 Å². The van der Waals surface area contributed by atoms with Gasteiger partial charge in [-0.05, 0) is 24.0 Å². The van der Waals surface area contributed by atoms with E-state index in [1.807, 2.05) is 11.9 Å². The lowest BCUT2D eigenvalue weighted by molar-refractivity contribution is -0.0220. The fourth-order valence-electron chi connectivity index (χ4n) is 3.78. The summed E-state index contributed by atoms with van der Waals surface area (Å²) in [7, 11) is 1.92. The lowest BCUT2D eigenvalue weighted by atomic mass is 9.87. The van der Waals surface area contributed by atoms with Crippen molar-refractivity contribution in [1.29, 1.82) is 0 Å². The fraction of sp³-hybridized carbons (Fsp3) is 0.533. The molecule has 0 atom stereocenters. The number of nitrogens with one attached hydrogen (secondary N) is 1. The van der Waals surface area contributed by atoms with Crippen LogP contribution in [0.25, 0.3) is 0 Å². The van der Waals surface area contributed by atoms with Crippen molar-refractivity contribution in [3.63, 3.8) is 0 Å². The van der Waals surface area contributed by atoms with Gasteiger partial charge in [0.15, 0.2) is 0 Å². The highest BCUT2D eigenvalue weighted by Gasteiger charge is 2.53. The molecule has 1 aromatic rings. The molecule has 0 aromatic heterocycles. The first-order valence-electron chi connectivity index (χ1n) is 7.00. The van der Waals surface area contributed by atoms with Crippen LogP contribution in [0.4, 0.5) is 4.79 Å². The van der Waals surface area contributed by atoms with Gasteiger partial charge in [-0.2, -0.15) is 0 Å². The Kier molecular flexibility index (Phi) is 2.22. The second-order valence-corrected chi connectivity index (χ2v) is 6.18. The summed E-state index contributed by atoms with van der Waals surface area (Å²) in [6.07, 6.45) is 2.33. The van der Waals surface area contributed by atoms with Gasteiger partial charge in [-0.1, -0.05) is 24.3 Å². The molecule has 2 heterocycles. The van der Waals surface area contributed by atoms with Crippen LogP contribution in [0.3, 0.4) is 0 Å². The van der Waals surface area contributed by atoms with Crippen molar-refractivity contribution in [2.75, 3.05) is 26.7 Å². The topological polar surface area (TPSA) is 35.6 Å². The molecule has 19 heavy (non-hydrogen) atoms. The Bertz CT molecular complexity index is 511. The molecule has 0 bridgehead atoms. The predicted molar refractivity (Wildman–Crippen MR) is 73.1 cm³/mol. The van der Waals surface area contributed by atoms with Gasteiger partial charge >= 0.3 is 6.03 Å². The van der Waals surface area contributed by atoms with E-state index < -0.39 is 0 Å². The van der Waals surface area contributed by atoms with E-state index in [1.54, 1.807) is 0 Å². The van der Waals surface area contributed by atoms with E-state index in [4.69, 9.17) is 0 Å². The lowest BCUT2D eigenvalue weighted by Gasteiger charge is -2.53. The molecule has 4 rings (SSSR count). The third-order valence-corrected chi connectivity index (χ3v) is 5.13. The molecule has 4 heteroatoms. The molecule has 2 amide bonds. The molecule has 4 nitrogen and oxygen atoms in total. The number of likely N-dealkylation sites (tertiary alicyclic amines) is 1. The summed E-state index contributed by atoms with van der Waals surface area (Å²) >= 11 is 0. The van der Waals surface area contributed by atoms with Gasteiger partial charge in [0.1, 0.15) is 0 Å². The first-order valence-corrected chi connectivity index (χ1v) is 7.00. The van der Waals surface area contributed by atoms with E-state index in [-0.39, 0.29) is 11.6 Å². The van der Waals surface area contributed by atoms with Crippen molar-refractivity contribution in [3.8, 4) is 0 Å². The summed E-state index contributed by atoms with van der Waals surface area (Å²) in [6.45, 7) is 2.83. The van der Waals surface area contributed by atoms with Gasteiger partial charge in [0, 0.05) is 32.7 Å². The average molecular weight is 257 g/mol. The summed E-state index contributed by atoms with van der Waals surface area (Å²) in [5.41, 5.74) is 3.07. The first kappa shape index (κ1) is 11.3. The molecule has 0 saturated carbocycles. The van der Waals surface area contributed by atoms with E-state index in [0.29, 0.717) is 6.04 Å². The van der Waals surface area contributed by atoms with Gasteiger partial charge in [-0.3, -0.25) is 4.90 Å². The zero-order valence-electron chi connectivity index (χ0n) is 11.2. The minimum absolute atomic E-state index is 0.0614. The number of benzene rings is 1. The summed E-state index contributed by atoms with van der Waals surface area (Å²) in [5.74, 6) is 0. The van der Waals surface area contributed by atoms with Crippen molar-refractivity contribution in [2.24, 2.45) is 0 Å². The number of carbonyl (C=O) groups excluding carboxylic acids is 1. The van der Waals surface area contributed by atoms with E-state index in [0.717, 1.165) is 32.5 Å². The van der Waals surface area contributed by atoms with E-state index in [1.165, 1.54) is 11.1 Å². The number of hydrogen-bond donors (Lipinski definition) is 1. The number of rotatable bonds is 1. The fourth-order valence-corrected chi connectivity index (χ4v) is 3.78. The van der Waals surface area contributed by atoms with Gasteiger partial charge in [-0.15, -0.1) is 0 Å². The summed E-state index contributed by atoms with van der Waals surface area (Å²) < 4.78 is 0. The molecule has 1 aliphatic carbocycles. The summed E-state index contributed by atoms with van der Waals surface area (Å²) in [5, 5.41) is 2.95. The Morgan fingerprint density at radius 2 is 1.84 bits per heavy atom. The lowest BCUT2D eigenvalue weighted by Crippen LogP contribution is -2.71. The Balaban J connectivity index is 1.44. The molecular weight excluding hydrogens is 238 g/mol. The van der Waals surface area contributed by atoms with Crippen LogP contribution in [0.5, 0.6) is 0 Å². The number of hydrogen-bond acceptors (Lipinski definition) is 2. The largest absolute Gasteiger partial charge is 0.336 e. The number of likely N-dealkylation sites (N-methyl/N-ethyl adjacent to an activating group) is 1. The Morgan fingerprint density at radius 1 is 1.21 bits per heavy atom. The average Bonchev–Trinajstić information content (AvgIpc) is 2.91. The summed E-state index contributed by atoms with van der Waals surface area (Å²) in [6, 6.07) is 9.47. The van der Waals surface area contributed by atoms with Crippen LogP contribution < -0.4 is 5.32 Å². The van der Waals surface area contributed by atoms with Crippen molar-refractivity contribution in [3.05, 3.63) is 35.4 Å². The van der Waals surface area contributed by atoms with Crippen LogP contribution in [0, 0.1) is 0 Å². The molecule has 3 aliphatic rings. The normalized spacial score (nSPS) is 25.5. The van der Waals surface area contributed by atoms with Crippen LogP contribution in [0.2, 0.25) is 0 Å². The highest BCUT2D eigenvalue weighted by Crippen LogP contribution is 2.35. The molecule has 100 valence electrons. The van der Waals surface area contributed by atoms with Gasteiger partial charge in [0.2, 0.25) is 0 Å². The van der Waals surface area contributed by atoms with Crippen molar-refractivity contribution < 1.29 is 4.79 Å². The van der Waals surface area contributed by atoms with Crippen LogP contribution in [-0.4, -0.2) is 54.1 Å². The molecule has 0 unspecified atom stereocenters. The SMILES string of the molecule is CN1C(=O)NCC12CN(C1Cc3ccccc3C1)C2. The van der Waals surface area contributed by atoms with Crippen LogP contribution >= 0.6 is 0 Å². The molecule has 1 N–H and O–H groups in total. The standard InChI is InChI=1S/C15H19N3O/c1-17-14(19)16-8-15(17)9-18(10-15)13-6-11-4-2-3-5-12(11)7-13/h2-5,13H,6-10H2,1H3,(H,16,19). The number of amides is 2. The molecule has 0 radical (unpaired) electrons. The van der Waals surface area contributed by atoms with Crippen molar-refractivity contribution >= 4 is 6.03 Å². The Labute approximate surface area is 113 Å². The zero-order valence-corrected chi connectivity index (χ0v) is 11.2. The molecular formula is C15H19N3O. The second-order valence-electron chi connectivity index (χ2n) is 6.18. The Morgan fingerprint density at radius 3 is 2.37 bits per heavy atom. The van der Waals surface area contributed by atoms with E-state index >= 15 is 0 Å². The van der Waals surface area contributed by atoms with Crippen LogP contribution in [0.15, 0.2) is 24.3 Å². The predicted octanol–water partition coefficient (Wildman–Crippen LogP) is 0.863. The maximum Gasteiger partial charge on any atom is 0.317 e. The quantitative estimate of drug-likeness (QED) is 0.810. The Hall–Kier alpha value is -1.55. The monoisotopic (exact) mass is 257 g/mol. The van der Waals surface area contributed by atoms with Gasteiger partial charge in [-0.25, -0.2) is 4.79 Å². The van der Waals surface area contributed by atoms with E-state index in [9.17, 15) is 4.79 Å². The van der Waals surface area contributed by atoms with Crippen LogP contribution in [0.1, 0.15) is 11.1 Å². The number of urea groups is 1.